The maximum absolute atomic E-state index is 12.6. The molecule has 0 saturated heterocycles. The molecule has 1 aliphatic carbocycles. The molecule has 286 valence electrons. The van der Waals surface area contributed by atoms with Gasteiger partial charge in [-0.2, -0.15) is 0 Å². The van der Waals surface area contributed by atoms with Crippen LogP contribution in [0, 0.1) is 11.8 Å². The number of carbonyl (C=O) groups is 3. The second kappa shape index (κ2) is 29.9. The monoisotopic (exact) mass is 697 g/mol. The van der Waals surface area contributed by atoms with Crippen LogP contribution in [0.25, 0.3) is 0 Å². The highest BCUT2D eigenvalue weighted by Crippen LogP contribution is 2.36. The predicted molar refractivity (Wildman–Crippen MR) is 194 cm³/mol. The lowest BCUT2D eigenvalue weighted by molar-refractivity contribution is -0.152. The van der Waals surface area contributed by atoms with Gasteiger partial charge in [0.05, 0.1) is 18.3 Å². The van der Waals surface area contributed by atoms with Gasteiger partial charge < -0.3 is 29.9 Å². The summed E-state index contributed by atoms with van der Waals surface area (Å²) in [5, 5.41) is 41.1. The average Bonchev–Trinajstić information content (AvgIpc) is 3.34. The number of ketones is 1. The second-order valence-electron chi connectivity index (χ2n) is 14.4. The molecule has 9 nitrogen and oxygen atoms in total. The molecule has 1 fully saturated rings. The molecule has 0 aromatic carbocycles. The molecule has 1 aliphatic rings. The molecule has 0 aromatic heterocycles. The van der Waals surface area contributed by atoms with E-state index in [-0.39, 0.29) is 56.6 Å². The van der Waals surface area contributed by atoms with Crippen LogP contribution in [0.3, 0.4) is 0 Å². The number of carbonyl (C=O) groups excluding carboxylic acids is 3. The molecular formula is C40H72O9. The van der Waals surface area contributed by atoms with E-state index in [1.165, 1.54) is 70.6 Å². The molecule has 0 aliphatic heterocycles. The third-order valence-electron chi connectivity index (χ3n) is 9.73. The van der Waals surface area contributed by atoms with Crippen molar-refractivity contribution in [2.24, 2.45) is 11.8 Å². The molecule has 1 rings (SSSR count). The van der Waals surface area contributed by atoms with E-state index in [1.807, 2.05) is 0 Å². The lowest BCUT2D eigenvalue weighted by Gasteiger charge is -2.20. The van der Waals surface area contributed by atoms with Crippen LogP contribution in [0.1, 0.15) is 174 Å². The van der Waals surface area contributed by atoms with Crippen molar-refractivity contribution in [3.8, 4) is 0 Å². The lowest BCUT2D eigenvalue weighted by atomic mass is 9.87. The van der Waals surface area contributed by atoms with Gasteiger partial charge in [-0.25, -0.2) is 0 Å². The number of esters is 2. The Morgan fingerprint density at radius 2 is 1.08 bits per heavy atom. The van der Waals surface area contributed by atoms with Crippen LogP contribution >= 0.6 is 0 Å². The van der Waals surface area contributed by atoms with Crippen LogP contribution in [0.4, 0.5) is 0 Å². The van der Waals surface area contributed by atoms with E-state index < -0.39 is 36.3 Å². The molecule has 9 heteroatoms. The van der Waals surface area contributed by atoms with Crippen molar-refractivity contribution in [3.63, 3.8) is 0 Å². The Hall–Kier alpha value is -1.81. The topological polar surface area (TPSA) is 151 Å². The summed E-state index contributed by atoms with van der Waals surface area (Å²) >= 11 is 0. The molecule has 0 amide bonds. The zero-order valence-corrected chi connectivity index (χ0v) is 31.0. The molecule has 0 aromatic rings. The summed E-state index contributed by atoms with van der Waals surface area (Å²) in [6, 6.07) is 0. The highest BCUT2D eigenvalue weighted by atomic mass is 16.6. The van der Waals surface area contributed by atoms with E-state index in [2.05, 4.69) is 13.8 Å². The normalized spacial score (nSPS) is 20.4. The number of hydrogen-bond acceptors (Lipinski definition) is 9. The van der Waals surface area contributed by atoms with Gasteiger partial charge in [0, 0.05) is 43.9 Å². The first-order valence-corrected chi connectivity index (χ1v) is 19.9. The third kappa shape index (κ3) is 24.1. The number of aliphatic hydroxyl groups is 4. The number of unbranched alkanes of at least 4 members (excludes halogenated alkanes) is 16. The fourth-order valence-corrected chi connectivity index (χ4v) is 6.61. The van der Waals surface area contributed by atoms with Gasteiger partial charge >= 0.3 is 11.9 Å². The Balaban J connectivity index is 2.07. The molecule has 0 bridgehead atoms. The van der Waals surface area contributed by atoms with Gasteiger partial charge in [0.25, 0.3) is 0 Å². The molecule has 6 atom stereocenters. The summed E-state index contributed by atoms with van der Waals surface area (Å²) < 4.78 is 10.2. The first-order chi connectivity index (χ1) is 23.7. The van der Waals surface area contributed by atoms with Crippen molar-refractivity contribution in [2.45, 2.75) is 199 Å². The Bertz CT molecular complexity index is 876. The smallest absolute Gasteiger partial charge is 0.305 e. The minimum atomic E-state index is -1.08. The maximum Gasteiger partial charge on any atom is 0.305 e. The Morgan fingerprint density at radius 1 is 0.633 bits per heavy atom. The highest BCUT2D eigenvalue weighted by molar-refractivity contribution is 5.79. The predicted octanol–water partition coefficient (Wildman–Crippen LogP) is 7.68. The van der Waals surface area contributed by atoms with E-state index in [0.717, 1.165) is 38.5 Å². The van der Waals surface area contributed by atoms with E-state index in [0.29, 0.717) is 25.7 Å². The maximum atomic E-state index is 12.6. The largest absolute Gasteiger partial charge is 0.463 e. The van der Waals surface area contributed by atoms with E-state index >= 15 is 0 Å². The Morgan fingerprint density at radius 3 is 1.61 bits per heavy atom. The van der Waals surface area contributed by atoms with Crippen LogP contribution in [0.15, 0.2) is 12.2 Å². The average molecular weight is 697 g/mol. The number of aliphatic hydroxyl groups excluding tert-OH is 4. The molecule has 49 heavy (non-hydrogen) atoms. The number of rotatable bonds is 32. The summed E-state index contributed by atoms with van der Waals surface area (Å²) in [6.45, 7) is 3.88. The fraction of sp³-hybridized carbons (Fsp3) is 0.875. The van der Waals surface area contributed by atoms with Crippen LogP contribution < -0.4 is 0 Å². The van der Waals surface area contributed by atoms with E-state index in [1.54, 1.807) is 12.2 Å². The third-order valence-corrected chi connectivity index (χ3v) is 9.73. The molecule has 4 N–H and O–H groups in total. The summed E-state index contributed by atoms with van der Waals surface area (Å²) in [6.07, 6.45) is 23.3. The first kappa shape index (κ1) is 45.2. The second-order valence-corrected chi connectivity index (χ2v) is 14.4. The standard InChI is InChI=1S/C40H72O9/c1-3-5-7-8-9-10-11-12-13-14-15-16-17-19-24-39(46)48-30-34(43)31-49-40(47)25-21-20-23-33(42)28-36-35(37(44)29-38(36)45)27-26-32(41)22-18-6-4-2/h26-27,32,34-38,41,43-45H,3-25,28-31H2,1-2H3/b27-26+/t32-,34+,35+,36+,37+,38-/m0/s1. The quantitative estimate of drug-likeness (QED) is 0.0315. The van der Waals surface area contributed by atoms with Gasteiger partial charge in [-0.15, -0.1) is 0 Å². The molecule has 1 saturated carbocycles. The molecule has 0 radical (unpaired) electrons. The zero-order valence-electron chi connectivity index (χ0n) is 31.0. The molecule has 0 spiro atoms. The van der Waals surface area contributed by atoms with E-state index in [4.69, 9.17) is 9.47 Å². The summed E-state index contributed by atoms with van der Waals surface area (Å²) in [7, 11) is 0. The molecule has 0 unspecified atom stereocenters. The summed E-state index contributed by atoms with van der Waals surface area (Å²) in [5.74, 6) is -1.67. The number of ether oxygens (including phenoxy) is 2. The SMILES string of the molecule is CCCCCCCCCCCCCCCCC(=O)OC[C@@H](O)COC(=O)CCCCC(=O)C[C@@H]1[C@@H](/C=C/[C@@H](O)CCCCC)[C@H](O)C[C@@H]1O. The van der Waals surface area contributed by atoms with Crippen molar-refractivity contribution in [3.05, 3.63) is 12.2 Å². The van der Waals surface area contributed by atoms with Gasteiger partial charge in [-0.05, 0) is 25.7 Å². The van der Waals surface area contributed by atoms with E-state index in [9.17, 15) is 34.8 Å². The van der Waals surface area contributed by atoms with Crippen LogP contribution in [0.2, 0.25) is 0 Å². The minimum absolute atomic E-state index is 0.0419. The van der Waals surface area contributed by atoms with Gasteiger partial charge in [0.2, 0.25) is 0 Å². The zero-order chi connectivity index (χ0) is 36.1. The summed E-state index contributed by atoms with van der Waals surface area (Å²) in [4.78, 5) is 36.7. The van der Waals surface area contributed by atoms with Crippen LogP contribution in [-0.4, -0.2) is 75.8 Å². The van der Waals surface area contributed by atoms with Gasteiger partial charge in [-0.1, -0.05) is 129 Å². The molecule has 0 heterocycles. The van der Waals surface area contributed by atoms with Crippen molar-refractivity contribution in [1.29, 1.82) is 0 Å². The Kier molecular flexibility index (Phi) is 27.6. The van der Waals surface area contributed by atoms with Gasteiger partial charge in [-0.3, -0.25) is 14.4 Å². The summed E-state index contributed by atoms with van der Waals surface area (Å²) in [5.41, 5.74) is 0. The number of hydrogen-bond donors (Lipinski definition) is 4. The van der Waals surface area contributed by atoms with Crippen molar-refractivity contribution >= 4 is 17.7 Å². The fourth-order valence-electron chi connectivity index (χ4n) is 6.61. The van der Waals surface area contributed by atoms with Crippen LogP contribution in [0.5, 0.6) is 0 Å². The van der Waals surface area contributed by atoms with Crippen molar-refractivity contribution in [1.82, 2.24) is 0 Å². The highest BCUT2D eigenvalue weighted by Gasteiger charge is 2.41. The van der Waals surface area contributed by atoms with Gasteiger partial charge in [0.15, 0.2) is 0 Å². The van der Waals surface area contributed by atoms with Crippen molar-refractivity contribution < 1.29 is 44.3 Å². The van der Waals surface area contributed by atoms with Crippen molar-refractivity contribution in [2.75, 3.05) is 13.2 Å². The minimum Gasteiger partial charge on any atom is -0.463 e. The Labute approximate surface area is 297 Å². The van der Waals surface area contributed by atoms with Crippen LogP contribution in [-0.2, 0) is 23.9 Å². The molecular weight excluding hydrogens is 624 g/mol. The first-order valence-electron chi connectivity index (χ1n) is 19.9. The van der Waals surface area contributed by atoms with Gasteiger partial charge in [0.1, 0.15) is 25.1 Å². The lowest BCUT2D eigenvalue weighted by Crippen LogP contribution is -2.25. The number of Topliss-reactive ketones (excluding diaryl/α,β-unsaturated/α-hetero) is 1.